The number of carbonyl (C=O) groups is 1. The second kappa shape index (κ2) is 6.94. The van der Waals surface area contributed by atoms with Crippen molar-refractivity contribution in [3.05, 3.63) is 35.9 Å². The lowest BCUT2D eigenvalue weighted by Gasteiger charge is -2.28. The third kappa shape index (κ3) is 3.67. The highest BCUT2D eigenvalue weighted by Gasteiger charge is 2.21. The fourth-order valence-corrected chi connectivity index (χ4v) is 2.88. The molecule has 0 spiro atoms. The Hall–Kier alpha value is -1.85. The fraction of sp³-hybridized carbons (Fsp3) is 0.471. The first kappa shape index (κ1) is 15.1. The summed E-state index contributed by atoms with van der Waals surface area (Å²) in [6, 6.07) is 8.42. The third-order valence-electron chi connectivity index (χ3n) is 4.22. The Morgan fingerprint density at radius 2 is 1.91 bits per heavy atom. The summed E-state index contributed by atoms with van der Waals surface area (Å²) >= 11 is 0. The molecule has 2 saturated heterocycles. The number of ether oxygens (including phenoxy) is 1. The number of hydrogen-bond acceptors (Lipinski definition) is 4. The van der Waals surface area contributed by atoms with Crippen LogP contribution in [0.3, 0.4) is 0 Å². The summed E-state index contributed by atoms with van der Waals surface area (Å²) in [4.78, 5) is 16.2. The van der Waals surface area contributed by atoms with E-state index in [-0.39, 0.29) is 11.9 Å². The Bertz CT molecular complexity index is 535. The van der Waals surface area contributed by atoms with E-state index in [1.807, 2.05) is 23.1 Å². The molecule has 2 fully saturated rings. The molecule has 3 rings (SSSR count). The summed E-state index contributed by atoms with van der Waals surface area (Å²) in [5, 5.41) is 0. The number of anilines is 1. The minimum Gasteiger partial charge on any atom is -0.378 e. The van der Waals surface area contributed by atoms with Gasteiger partial charge in [-0.2, -0.15) is 0 Å². The molecule has 0 aromatic heterocycles. The van der Waals surface area contributed by atoms with Gasteiger partial charge in [0.05, 0.1) is 13.2 Å². The Balaban J connectivity index is 1.58. The van der Waals surface area contributed by atoms with Gasteiger partial charge in [-0.15, -0.1) is 0 Å². The molecule has 118 valence electrons. The maximum Gasteiger partial charge on any atom is 0.246 e. The van der Waals surface area contributed by atoms with Gasteiger partial charge in [-0.3, -0.25) is 4.79 Å². The van der Waals surface area contributed by atoms with Crippen molar-refractivity contribution in [1.82, 2.24) is 4.90 Å². The van der Waals surface area contributed by atoms with Crippen LogP contribution in [0.5, 0.6) is 0 Å². The number of hydrogen-bond donors (Lipinski definition) is 1. The molecule has 0 aliphatic carbocycles. The monoisotopic (exact) mass is 301 g/mol. The van der Waals surface area contributed by atoms with Crippen LogP contribution in [0.4, 0.5) is 5.69 Å². The number of likely N-dealkylation sites (tertiary alicyclic amines) is 1. The Kier molecular flexibility index (Phi) is 4.75. The average molecular weight is 301 g/mol. The topological polar surface area (TPSA) is 58.8 Å². The fourth-order valence-electron chi connectivity index (χ4n) is 2.88. The Morgan fingerprint density at radius 3 is 2.55 bits per heavy atom. The van der Waals surface area contributed by atoms with Gasteiger partial charge < -0.3 is 20.3 Å². The molecular formula is C17H23N3O2. The predicted molar refractivity (Wildman–Crippen MR) is 87.7 cm³/mol. The van der Waals surface area contributed by atoms with Crippen LogP contribution in [-0.2, 0) is 9.53 Å². The zero-order chi connectivity index (χ0) is 15.4. The van der Waals surface area contributed by atoms with E-state index < -0.39 is 0 Å². The van der Waals surface area contributed by atoms with E-state index in [4.69, 9.17) is 10.5 Å². The lowest BCUT2D eigenvalue weighted by atomic mass is 10.1. The number of carbonyl (C=O) groups excluding carboxylic acids is 1. The van der Waals surface area contributed by atoms with Gasteiger partial charge in [0, 0.05) is 44.0 Å². The smallest absolute Gasteiger partial charge is 0.246 e. The molecule has 5 nitrogen and oxygen atoms in total. The average Bonchev–Trinajstić information content (AvgIpc) is 3.00. The van der Waals surface area contributed by atoms with Gasteiger partial charge in [0.25, 0.3) is 0 Å². The van der Waals surface area contributed by atoms with E-state index >= 15 is 0 Å². The molecule has 0 saturated carbocycles. The van der Waals surface area contributed by atoms with Gasteiger partial charge in [0.15, 0.2) is 0 Å². The van der Waals surface area contributed by atoms with E-state index in [1.54, 1.807) is 6.08 Å². The molecule has 2 aliphatic heterocycles. The molecule has 0 bridgehead atoms. The summed E-state index contributed by atoms with van der Waals surface area (Å²) in [7, 11) is 0. The third-order valence-corrected chi connectivity index (χ3v) is 4.22. The van der Waals surface area contributed by atoms with E-state index in [0.717, 1.165) is 44.8 Å². The van der Waals surface area contributed by atoms with Crippen LogP contribution in [-0.4, -0.2) is 56.2 Å². The second-order valence-corrected chi connectivity index (χ2v) is 5.86. The van der Waals surface area contributed by atoms with Crippen molar-refractivity contribution in [1.29, 1.82) is 0 Å². The van der Waals surface area contributed by atoms with Crippen molar-refractivity contribution in [3.63, 3.8) is 0 Å². The number of benzene rings is 1. The SMILES string of the molecule is NC1CCN(C(=O)C=Cc2ccc(N3CCOCC3)cc2)C1. The lowest BCUT2D eigenvalue weighted by molar-refractivity contribution is -0.124. The highest BCUT2D eigenvalue weighted by Crippen LogP contribution is 2.17. The summed E-state index contributed by atoms with van der Waals surface area (Å²) in [5.41, 5.74) is 8.07. The quantitative estimate of drug-likeness (QED) is 0.849. The first-order valence-electron chi connectivity index (χ1n) is 7.88. The first-order valence-corrected chi connectivity index (χ1v) is 7.88. The largest absolute Gasteiger partial charge is 0.378 e. The van der Waals surface area contributed by atoms with Gasteiger partial charge >= 0.3 is 0 Å². The summed E-state index contributed by atoms with van der Waals surface area (Å²) in [5.74, 6) is 0.0465. The number of amides is 1. The molecule has 0 radical (unpaired) electrons. The van der Waals surface area contributed by atoms with E-state index in [0.29, 0.717) is 6.54 Å². The van der Waals surface area contributed by atoms with Crippen molar-refractivity contribution in [2.24, 2.45) is 5.73 Å². The predicted octanol–water partition coefficient (Wildman–Crippen LogP) is 1.10. The highest BCUT2D eigenvalue weighted by molar-refractivity contribution is 5.92. The molecule has 1 amide bonds. The van der Waals surface area contributed by atoms with Crippen LogP contribution in [0.15, 0.2) is 30.3 Å². The van der Waals surface area contributed by atoms with Crippen LogP contribution >= 0.6 is 0 Å². The maximum absolute atomic E-state index is 12.0. The minimum absolute atomic E-state index is 0.0465. The molecule has 2 N–H and O–H groups in total. The van der Waals surface area contributed by atoms with Crippen LogP contribution < -0.4 is 10.6 Å². The Morgan fingerprint density at radius 1 is 1.18 bits per heavy atom. The molecule has 1 aromatic carbocycles. The van der Waals surface area contributed by atoms with Gasteiger partial charge in [0.2, 0.25) is 5.91 Å². The van der Waals surface area contributed by atoms with Gasteiger partial charge in [0.1, 0.15) is 0 Å². The minimum atomic E-state index is 0.0465. The lowest BCUT2D eigenvalue weighted by Crippen LogP contribution is -2.36. The van der Waals surface area contributed by atoms with Gasteiger partial charge in [-0.1, -0.05) is 12.1 Å². The molecule has 22 heavy (non-hydrogen) atoms. The summed E-state index contributed by atoms with van der Waals surface area (Å²) in [6.07, 6.45) is 4.41. The molecule has 1 unspecified atom stereocenters. The highest BCUT2D eigenvalue weighted by atomic mass is 16.5. The van der Waals surface area contributed by atoms with Crippen molar-refractivity contribution < 1.29 is 9.53 Å². The van der Waals surface area contributed by atoms with Crippen molar-refractivity contribution in [2.75, 3.05) is 44.3 Å². The number of nitrogens with two attached hydrogens (primary N) is 1. The molecule has 1 atom stereocenters. The van der Waals surface area contributed by atoms with E-state index in [1.165, 1.54) is 5.69 Å². The maximum atomic E-state index is 12.0. The van der Waals surface area contributed by atoms with Crippen molar-refractivity contribution in [2.45, 2.75) is 12.5 Å². The molecule has 2 aliphatic rings. The summed E-state index contributed by atoms with van der Waals surface area (Å²) in [6.45, 7) is 4.87. The standard InChI is InChI=1S/C17H23N3O2/c18-15-7-8-20(13-15)17(21)6-3-14-1-4-16(5-2-14)19-9-11-22-12-10-19/h1-6,15H,7-13,18H2. The van der Waals surface area contributed by atoms with Crippen LogP contribution in [0.1, 0.15) is 12.0 Å². The van der Waals surface area contributed by atoms with Gasteiger partial charge in [-0.25, -0.2) is 0 Å². The number of rotatable bonds is 3. The zero-order valence-electron chi connectivity index (χ0n) is 12.8. The second-order valence-electron chi connectivity index (χ2n) is 5.86. The number of morpholine rings is 1. The molecule has 2 heterocycles. The first-order chi connectivity index (χ1) is 10.7. The van der Waals surface area contributed by atoms with Crippen molar-refractivity contribution >= 4 is 17.7 Å². The zero-order valence-corrected chi connectivity index (χ0v) is 12.8. The molecule has 5 heteroatoms. The molecule has 1 aromatic rings. The van der Waals surface area contributed by atoms with E-state index in [9.17, 15) is 4.79 Å². The Labute approximate surface area is 131 Å². The summed E-state index contributed by atoms with van der Waals surface area (Å²) < 4.78 is 5.36. The van der Waals surface area contributed by atoms with Crippen LogP contribution in [0.2, 0.25) is 0 Å². The van der Waals surface area contributed by atoms with Gasteiger partial charge in [-0.05, 0) is 30.2 Å². The van der Waals surface area contributed by atoms with E-state index in [2.05, 4.69) is 17.0 Å². The van der Waals surface area contributed by atoms with Crippen LogP contribution in [0, 0.1) is 0 Å². The number of nitrogens with zero attached hydrogens (tertiary/aromatic N) is 2. The van der Waals surface area contributed by atoms with Crippen molar-refractivity contribution in [3.8, 4) is 0 Å². The molecular weight excluding hydrogens is 278 g/mol. The van der Waals surface area contributed by atoms with Crippen LogP contribution in [0.25, 0.3) is 6.08 Å². The normalized spacial score (nSPS) is 22.5.